The summed E-state index contributed by atoms with van der Waals surface area (Å²) in [5.41, 5.74) is 1.18. The minimum absolute atomic E-state index is 0.0159. The van der Waals surface area contributed by atoms with E-state index in [9.17, 15) is 22.8 Å². The molecular weight excluding hydrogens is 462 g/mol. The lowest BCUT2D eigenvalue weighted by Crippen LogP contribution is -2.41. The van der Waals surface area contributed by atoms with E-state index in [4.69, 9.17) is 9.15 Å². The molecule has 184 valence electrons. The Hall–Kier alpha value is -3.18. The zero-order valence-corrected chi connectivity index (χ0v) is 20.2. The molecule has 11 heteroatoms. The number of urea groups is 1. The van der Waals surface area contributed by atoms with Crippen molar-refractivity contribution in [3.63, 3.8) is 0 Å². The van der Waals surface area contributed by atoms with E-state index in [2.05, 4.69) is 12.2 Å². The van der Waals surface area contributed by atoms with Crippen LogP contribution in [-0.4, -0.2) is 50.3 Å². The normalized spacial score (nSPS) is 15.0. The molecule has 2 N–H and O–H groups in total. The van der Waals surface area contributed by atoms with Gasteiger partial charge in [0.15, 0.2) is 6.61 Å². The quantitative estimate of drug-likeness (QED) is 0.568. The molecule has 1 aromatic carbocycles. The van der Waals surface area contributed by atoms with Crippen molar-refractivity contribution in [1.82, 2.24) is 14.9 Å². The Bertz CT molecular complexity index is 1150. The van der Waals surface area contributed by atoms with Crippen molar-refractivity contribution >= 4 is 27.9 Å². The summed E-state index contributed by atoms with van der Waals surface area (Å²) in [6.45, 7) is 5.73. The highest BCUT2D eigenvalue weighted by molar-refractivity contribution is 7.89. The number of esters is 1. The molecule has 0 spiro atoms. The fourth-order valence-electron chi connectivity index (χ4n) is 3.58. The van der Waals surface area contributed by atoms with Gasteiger partial charge >= 0.3 is 12.0 Å². The largest absolute Gasteiger partial charge is 0.467 e. The van der Waals surface area contributed by atoms with Crippen molar-refractivity contribution in [2.75, 3.05) is 19.7 Å². The van der Waals surface area contributed by atoms with E-state index in [1.54, 1.807) is 26.0 Å². The Balaban J connectivity index is 1.62. The zero-order chi connectivity index (χ0) is 24.9. The van der Waals surface area contributed by atoms with Gasteiger partial charge in [-0.05, 0) is 68.0 Å². The zero-order valence-electron chi connectivity index (χ0n) is 19.4. The topological polar surface area (TPSA) is 135 Å². The van der Waals surface area contributed by atoms with Crippen LogP contribution in [0.1, 0.15) is 47.0 Å². The minimum Gasteiger partial charge on any atom is -0.467 e. The third-order valence-electron chi connectivity index (χ3n) is 5.81. The highest BCUT2D eigenvalue weighted by Gasteiger charge is 2.30. The van der Waals surface area contributed by atoms with Gasteiger partial charge in [-0.3, -0.25) is 10.1 Å². The summed E-state index contributed by atoms with van der Waals surface area (Å²) in [5, 5.41) is 4.47. The molecule has 0 bridgehead atoms. The molecule has 0 aliphatic carbocycles. The number of carbonyl (C=O) groups excluding carboxylic acids is 3. The first-order valence-electron chi connectivity index (χ1n) is 11.0. The number of sulfonamides is 1. The molecule has 1 saturated heterocycles. The molecule has 3 amide bonds. The summed E-state index contributed by atoms with van der Waals surface area (Å²) >= 11 is 0. The lowest BCUT2D eigenvalue weighted by molar-refractivity contribution is -0.123. The predicted molar refractivity (Wildman–Crippen MR) is 122 cm³/mol. The number of nitrogens with one attached hydrogen (secondary N) is 2. The van der Waals surface area contributed by atoms with Gasteiger partial charge in [-0.2, -0.15) is 4.31 Å². The summed E-state index contributed by atoms with van der Waals surface area (Å²) in [5.74, 6) is -0.718. The first kappa shape index (κ1) is 25.4. The molecule has 34 heavy (non-hydrogen) atoms. The molecule has 3 rings (SSSR count). The van der Waals surface area contributed by atoms with Crippen molar-refractivity contribution in [3.8, 4) is 0 Å². The summed E-state index contributed by atoms with van der Waals surface area (Å²) in [4.78, 5) is 36.3. The number of carbonyl (C=O) groups is 3. The van der Waals surface area contributed by atoms with Crippen LogP contribution in [0.2, 0.25) is 0 Å². The second-order valence-corrected chi connectivity index (χ2v) is 10.3. The van der Waals surface area contributed by atoms with Gasteiger partial charge in [0, 0.05) is 13.1 Å². The van der Waals surface area contributed by atoms with E-state index in [0.29, 0.717) is 35.9 Å². The molecule has 2 aromatic rings. The van der Waals surface area contributed by atoms with Crippen LogP contribution in [0.5, 0.6) is 0 Å². The van der Waals surface area contributed by atoms with Crippen LogP contribution in [0.3, 0.4) is 0 Å². The minimum atomic E-state index is -3.78. The van der Waals surface area contributed by atoms with Gasteiger partial charge in [-0.1, -0.05) is 6.92 Å². The number of aryl methyl sites for hydroxylation is 1. The fraction of sp³-hybridized carbons (Fsp3) is 0.435. The van der Waals surface area contributed by atoms with Gasteiger partial charge in [0.1, 0.15) is 5.76 Å². The molecule has 0 atom stereocenters. The lowest BCUT2D eigenvalue weighted by atomic mass is 10.0. The van der Waals surface area contributed by atoms with Gasteiger partial charge in [0.2, 0.25) is 10.0 Å². The van der Waals surface area contributed by atoms with Gasteiger partial charge in [-0.25, -0.2) is 18.0 Å². The van der Waals surface area contributed by atoms with Crippen LogP contribution in [0, 0.1) is 19.8 Å². The van der Waals surface area contributed by atoms with Gasteiger partial charge in [0.05, 0.1) is 23.3 Å². The van der Waals surface area contributed by atoms with Crippen molar-refractivity contribution < 1.29 is 32.0 Å². The van der Waals surface area contributed by atoms with Crippen molar-refractivity contribution in [2.24, 2.45) is 5.92 Å². The van der Waals surface area contributed by atoms with Crippen LogP contribution in [-0.2, 0) is 26.1 Å². The number of rotatable bonds is 7. The van der Waals surface area contributed by atoms with Gasteiger partial charge in [-0.15, -0.1) is 0 Å². The third-order valence-corrected chi connectivity index (χ3v) is 7.83. The summed E-state index contributed by atoms with van der Waals surface area (Å²) in [6.07, 6.45) is 3.02. The average molecular weight is 492 g/mol. The van der Waals surface area contributed by atoms with Crippen LogP contribution < -0.4 is 10.6 Å². The number of ether oxygens (including phenoxy) is 1. The first-order valence-corrected chi connectivity index (χ1v) is 12.4. The molecule has 10 nitrogen and oxygen atoms in total. The molecular formula is C23H29N3O7S. The van der Waals surface area contributed by atoms with Crippen LogP contribution in [0.15, 0.2) is 39.8 Å². The van der Waals surface area contributed by atoms with Gasteiger partial charge < -0.3 is 14.5 Å². The Morgan fingerprint density at radius 3 is 2.53 bits per heavy atom. The Labute approximate surface area is 198 Å². The second-order valence-electron chi connectivity index (χ2n) is 8.39. The number of benzene rings is 1. The number of furan rings is 1. The van der Waals surface area contributed by atoms with Gasteiger partial charge in [0.25, 0.3) is 5.91 Å². The monoisotopic (exact) mass is 491 g/mol. The molecule has 0 unspecified atom stereocenters. The number of imide groups is 1. The molecule has 2 heterocycles. The van der Waals surface area contributed by atoms with Crippen molar-refractivity contribution in [2.45, 2.75) is 45.1 Å². The van der Waals surface area contributed by atoms with Crippen LogP contribution in [0.25, 0.3) is 0 Å². The Kier molecular flexibility index (Phi) is 8.11. The van der Waals surface area contributed by atoms with Crippen LogP contribution in [0.4, 0.5) is 4.79 Å². The van der Waals surface area contributed by atoms with E-state index < -0.39 is 34.5 Å². The van der Waals surface area contributed by atoms with Crippen LogP contribution >= 0.6 is 0 Å². The second kappa shape index (κ2) is 10.8. The highest BCUT2D eigenvalue weighted by Crippen LogP contribution is 2.28. The molecule has 1 aromatic heterocycles. The molecule has 1 fully saturated rings. The Morgan fingerprint density at radius 1 is 1.18 bits per heavy atom. The summed E-state index contributed by atoms with van der Waals surface area (Å²) in [7, 11) is -3.78. The smallest absolute Gasteiger partial charge is 0.338 e. The molecule has 1 aliphatic rings. The van der Waals surface area contributed by atoms with E-state index in [1.165, 1.54) is 22.7 Å². The molecule has 0 saturated carbocycles. The number of hydrogen-bond acceptors (Lipinski definition) is 7. The maximum Gasteiger partial charge on any atom is 0.338 e. The maximum atomic E-state index is 13.2. The summed E-state index contributed by atoms with van der Waals surface area (Å²) in [6, 6.07) is 5.35. The SMILES string of the molecule is Cc1cc(C(=O)OCC(=O)NC(=O)NCc2ccco2)cc(S(=O)(=O)N2CCC(C)CC2)c1C. The standard InChI is InChI=1S/C23H29N3O7S/c1-15-6-8-26(9-7-15)34(30,31)20-12-18(11-16(2)17(20)3)22(28)33-14-21(27)25-23(29)24-13-19-5-4-10-32-19/h4-5,10-12,15H,6-9,13-14H2,1-3H3,(H2,24,25,27,29). The lowest BCUT2D eigenvalue weighted by Gasteiger charge is -2.30. The highest BCUT2D eigenvalue weighted by atomic mass is 32.2. The van der Waals surface area contributed by atoms with E-state index in [1.807, 2.05) is 5.32 Å². The van der Waals surface area contributed by atoms with Crippen molar-refractivity contribution in [1.29, 1.82) is 0 Å². The average Bonchev–Trinajstić information content (AvgIpc) is 3.31. The molecule has 0 radical (unpaired) electrons. The maximum absolute atomic E-state index is 13.2. The number of amides is 3. The van der Waals surface area contributed by atoms with Crippen molar-refractivity contribution in [3.05, 3.63) is 53.0 Å². The first-order chi connectivity index (χ1) is 16.1. The number of hydrogen-bond donors (Lipinski definition) is 2. The number of nitrogens with zero attached hydrogens (tertiary/aromatic N) is 1. The van der Waals surface area contributed by atoms with E-state index in [-0.39, 0.29) is 17.0 Å². The predicted octanol–water partition coefficient (Wildman–Crippen LogP) is 2.50. The molecule has 1 aliphatic heterocycles. The third kappa shape index (κ3) is 6.23. The summed E-state index contributed by atoms with van der Waals surface area (Å²) < 4.78 is 38.0. The van der Waals surface area contributed by atoms with E-state index >= 15 is 0 Å². The van der Waals surface area contributed by atoms with E-state index in [0.717, 1.165) is 12.8 Å². The number of piperidine rings is 1. The fourth-order valence-corrected chi connectivity index (χ4v) is 5.37. The Morgan fingerprint density at radius 2 is 1.88 bits per heavy atom.